The molecule has 0 bridgehead atoms. The second-order valence-corrected chi connectivity index (χ2v) is 3.48. The van der Waals surface area contributed by atoms with Crippen LogP contribution in [0.1, 0.15) is 6.42 Å². The molecule has 4 nitrogen and oxygen atoms in total. The van der Waals surface area contributed by atoms with Crippen molar-refractivity contribution in [2.75, 3.05) is 19.0 Å². The maximum atomic E-state index is 10.8. The van der Waals surface area contributed by atoms with Gasteiger partial charge in [0.1, 0.15) is 0 Å². The van der Waals surface area contributed by atoms with E-state index in [9.17, 15) is 4.79 Å². The molecule has 1 rings (SSSR count). The Morgan fingerprint density at radius 1 is 1.38 bits per heavy atom. The Kier molecular flexibility index (Phi) is 5.28. The summed E-state index contributed by atoms with van der Waals surface area (Å²) in [5.74, 6) is -0.255. The van der Waals surface area contributed by atoms with Crippen LogP contribution in [0.4, 0.5) is 5.69 Å². The van der Waals surface area contributed by atoms with Crippen LogP contribution in [-0.4, -0.2) is 24.7 Å². The number of hydrogen-bond acceptors (Lipinski definition) is 3. The van der Waals surface area contributed by atoms with E-state index >= 15 is 0 Å². The monoisotopic (exact) mass is 238 g/mol. The van der Waals surface area contributed by atoms with Gasteiger partial charge in [-0.05, 0) is 24.4 Å². The topological polar surface area (TPSA) is 50.4 Å². The summed E-state index contributed by atoms with van der Waals surface area (Å²) >= 11 is 5.05. The molecule has 1 aromatic rings. The molecule has 2 N–H and O–H groups in total. The molecule has 16 heavy (non-hydrogen) atoms. The molecule has 0 aliphatic carbocycles. The number of para-hydroxylation sites is 1. The summed E-state index contributed by atoms with van der Waals surface area (Å²) < 4.78 is 4.51. The normalized spacial score (nSPS) is 9.31. The largest absolute Gasteiger partial charge is 0.469 e. The predicted molar refractivity (Wildman–Crippen MR) is 67.3 cm³/mol. The van der Waals surface area contributed by atoms with E-state index in [1.807, 2.05) is 30.3 Å². The van der Waals surface area contributed by atoms with Gasteiger partial charge in [-0.2, -0.15) is 0 Å². The van der Waals surface area contributed by atoms with Gasteiger partial charge in [0.2, 0.25) is 0 Å². The minimum Gasteiger partial charge on any atom is -0.469 e. The first-order valence-electron chi connectivity index (χ1n) is 4.89. The van der Waals surface area contributed by atoms with Gasteiger partial charge < -0.3 is 15.4 Å². The molecule has 1 aromatic carbocycles. The number of anilines is 1. The van der Waals surface area contributed by atoms with Gasteiger partial charge in [-0.15, -0.1) is 0 Å². The smallest absolute Gasteiger partial charge is 0.307 e. The van der Waals surface area contributed by atoms with Gasteiger partial charge in [-0.1, -0.05) is 18.2 Å². The number of nitrogens with one attached hydrogen (secondary N) is 2. The molecule has 5 heteroatoms. The highest BCUT2D eigenvalue weighted by Crippen LogP contribution is 2.04. The minimum absolute atomic E-state index is 0.255. The first-order valence-corrected chi connectivity index (χ1v) is 5.30. The van der Waals surface area contributed by atoms with E-state index in [4.69, 9.17) is 12.2 Å². The molecule has 0 saturated carbocycles. The van der Waals surface area contributed by atoms with E-state index < -0.39 is 0 Å². The molecule has 0 amide bonds. The highest BCUT2D eigenvalue weighted by molar-refractivity contribution is 7.80. The number of rotatable bonds is 4. The number of carbonyl (C=O) groups excluding carboxylic acids is 1. The van der Waals surface area contributed by atoms with Crippen molar-refractivity contribution in [3.8, 4) is 0 Å². The summed E-state index contributed by atoms with van der Waals surface area (Å²) in [6.07, 6.45) is 0.299. The quantitative estimate of drug-likeness (QED) is 0.615. The van der Waals surface area contributed by atoms with E-state index in [1.54, 1.807) is 0 Å². The summed E-state index contributed by atoms with van der Waals surface area (Å²) in [7, 11) is 1.36. The zero-order valence-electron chi connectivity index (χ0n) is 9.03. The third kappa shape index (κ3) is 4.75. The molecule has 0 atom stereocenters. The van der Waals surface area contributed by atoms with Crippen LogP contribution < -0.4 is 10.6 Å². The molecule has 0 spiro atoms. The van der Waals surface area contributed by atoms with Crippen molar-refractivity contribution in [1.82, 2.24) is 5.32 Å². The number of carbonyl (C=O) groups is 1. The fourth-order valence-corrected chi connectivity index (χ4v) is 1.30. The molecule has 0 radical (unpaired) electrons. The summed E-state index contributed by atoms with van der Waals surface area (Å²) in [6.45, 7) is 0.464. The Morgan fingerprint density at radius 3 is 2.69 bits per heavy atom. The van der Waals surface area contributed by atoms with Gasteiger partial charge in [0.15, 0.2) is 5.11 Å². The Bertz CT molecular complexity index is 354. The molecule has 0 aliphatic rings. The first kappa shape index (κ1) is 12.4. The van der Waals surface area contributed by atoms with E-state index in [0.717, 1.165) is 5.69 Å². The highest BCUT2D eigenvalue weighted by atomic mass is 32.1. The summed E-state index contributed by atoms with van der Waals surface area (Å²) in [4.78, 5) is 10.8. The number of ether oxygens (including phenoxy) is 1. The van der Waals surface area contributed by atoms with Gasteiger partial charge in [0, 0.05) is 12.2 Å². The zero-order valence-corrected chi connectivity index (χ0v) is 9.84. The lowest BCUT2D eigenvalue weighted by Gasteiger charge is -2.09. The Morgan fingerprint density at radius 2 is 2.06 bits per heavy atom. The lowest BCUT2D eigenvalue weighted by atomic mass is 10.3. The molecule has 0 unspecified atom stereocenters. The van der Waals surface area contributed by atoms with Crippen molar-refractivity contribution in [1.29, 1.82) is 0 Å². The molecular weight excluding hydrogens is 224 g/mol. The highest BCUT2D eigenvalue weighted by Gasteiger charge is 2.00. The van der Waals surface area contributed by atoms with Crippen LogP contribution in [0.5, 0.6) is 0 Å². The fourth-order valence-electron chi connectivity index (χ4n) is 1.08. The average molecular weight is 238 g/mol. The number of methoxy groups -OCH3 is 1. The second kappa shape index (κ2) is 6.79. The van der Waals surface area contributed by atoms with E-state index in [2.05, 4.69) is 15.4 Å². The van der Waals surface area contributed by atoms with Gasteiger partial charge in [0.05, 0.1) is 13.5 Å². The number of thiocarbonyl (C=S) groups is 1. The molecule has 0 saturated heterocycles. The third-order valence-corrected chi connectivity index (χ3v) is 2.12. The number of hydrogen-bond donors (Lipinski definition) is 2. The molecule has 0 aliphatic heterocycles. The summed E-state index contributed by atoms with van der Waals surface area (Å²) in [5.41, 5.74) is 0.915. The summed E-state index contributed by atoms with van der Waals surface area (Å²) in [6, 6.07) is 9.58. The SMILES string of the molecule is COC(=O)CCNC(=S)Nc1ccccc1. The maximum Gasteiger partial charge on any atom is 0.307 e. The van der Waals surface area contributed by atoms with Crippen LogP contribution in [0.2, 0.25) is 0 Å². The molecule has 86 valence electrons. The van der Waals surface area contributed by atoms with Crippen molar-refractivity contribution in [3.63, 3.8) is 0 Å². The van der Waals surface area contributed by atoms with Gasteiger partial charge >= 0.3 is 5.97 Å². The van der Waals surface area contributed by atoms with E-state index in [1.165, 1.54) is 7.11 Å². The molecule has 0 fully saturated rings. The van der Waals surface area contributed by atoms with Crippen LogP contribution in [0.15, 0.2) is 30.3 Å². The van der Waals surface area contributed by atoms with Gasteiger partial charge in [0.25, 0.3) is 0 Å². The van der Waals surface area contributed by atoms with Crippen molar-refractivity contribution in [3.05, 3.63) is 30.3 Å². The first-order chi connectivity index (χ1) is 7.72. The number of benzene rings is 1. The maximum absolute atomic E-state index is 10.8. The van der Waals surface area contributed by atoms with Gasteiger partial charge in [-0.3, -0.25) is 4.79 Å². The fraction of sp³-hybridized carbons (Fsp3) is 0.273. The lowest BCUT2D eigenvalue weighted by molar-refractivity contribution is -0.140. The zero-order chi connectivity index (χ0) is 11.8. The van der Waals surface area contributed by atoms with Crippen LogP contribution in [0, 0.1) is 0 Å². The third-order valence-electron chi connectivity index (χ3n) is 1.87. The van der Waals surface area contributed by atoms with Crippen molar-refractivity contribution in [2.24, 2.45) is 0 Å². The van der Waals surface area contributed by atoms with E-state index in [-0.39, 0.29) is 5.97 Å². The van der Waals surface area contributed by atoms with Crippen LogP contribution in [0.25, 0.3) is 0 Å². The van der Waals surface area contributed by atoms with Crippen molar-refractivity contribution >= 4 is 29.0 Å². The minimum atomic E-state index is -0.255. The Balaban J connectivity index is 2.24. The van der Waals surface area contributed by atoms with Gasteiger partial charge in [-0.25, -0.2) is 0 Å². The molecule has 0 aromatic heterocycles. The Labute approximate surface area is 100.0 Å². The van der Waals surface area contributed by atoms with Crippen LogP contribution in [-0.2, 0) is 9.53 Å². The lowest BCUT2D eigenvalue weighted by Crippen LogP contribution is -2.30. The summed E-state index contributed by atoms with van der Waals surface area (Å²) in [5, 5.41) is 6.41. The average Bonchev–Trinajstić information content (AvgIpc) is 2.30. The molecule has 0 heterocycles. The number of esters is 1. The van der Waals surface area contributed by atoms with Crippen molar-refractivity contribution < 1.29 is 9.53 Å². The van der Waals surface area contributed by atoms with Crippen molar-refractivity contribution in [2.45, 2.75) is 6.42 Å². The standard InChI is InChI=1S/C11H14N2O2S/c1-15-10(14)7-8-12-11(16)13-9-5-3-2-4-6-9/h2-6H,7-8H2,1H3,(H2,12,13,16). The second-order valence-electron chi connectivity index (χ2n) is 3.07. The molecular formula is C11H14N2O2S. The van der Waals surface area contributed by atoms with Crippen LogP contribution in [0.3, 0.4) is 0 Å². The predicted octanol–water partition coefficient (Wildman–Crippen LogP) is 1.54. The van der Waals surface area contributed by atoms with E-state index in [0.29, 0.717) is 18.1 Å². The Hall–Kier alpha value is -1.62. The van der Waals surface area contributed by atoms with Crippen LogP contribution >= 0.6 is 12.2 Å².